The molecule has 0 radical (unpaired) electrons. The maximum absolute atomic E-state index is 13.4. The summed E-state index contributed by atoms with van der Waals surface area (Å²) in [7, 11) is 1.91. The molecule has 1 aliphatic heterocycles. The average molecular weight is 481 g/mol. The van der Waals surface area contributed by atoms with Crippen molar-refractivity contribution in [3.63, 3.8) is 0 Å². The van der Waals surface area contributed by atoms with Gasteiger partial charge in [0.2, 0.25) is 0 Å². The van der Waals surface area contributed by atoms with Gasteiger partial charge in [-0.15, -0.1) is 0 Å². The maximum Gasteiger partial charge on any atom is 0.416 e. The number of aliphatic hydroxyl groups excluding tert-OH is 1. The fraction of sp³-hybridized carbons (Fsp3) is 0.600. The molecule has 1 atom stereocenters. The number of carbonyl (C=O) groups is 1. The van der Waals surface area contributed by atoms with Crippen molar-refractivity contribution in [2.75, 3.05) is 13.1 Å². The molecule has 0 aliphatic carbocycles. The molecule has 2 heterocycles. The number of benzene rings is 1. The predicted octanol–water partition coefficient (Wildman–Crippen LogP) is 4.25. The second kappa shape index (κ2) is 10.1. The van der Waals surface area contributed by atoms with Crippen molar-refractivity contribution in [2.45, 2.75) is 77.7 Å². The molecule has 0 spiro atoms. The van der Waals surface area contributed by atoms with Crippen LogP contribution in [0.25, 0.3) is 0 Å². The fourth-order valence-corrected chi connectivity index (χ4v) is 4.39. The molecule has 6 nitrogen and oxygen atoms in total. The molecule has 0 saturated carbocycles. The third-order valence-electron chi connectivity index (χ3n) is 6.26. The quantitative estimate of drug-likeness (QED) is 0.673. The van der Waals surface area contributed by atoms with Crippen LogP contribution in [-0.2, 0) is 31.7 Å². The minimum Gasteiger partial charge on any atom is -0.392 e. The first kappa shape index (κ1) is 26.2. The maximum atomic E-state index is 13.4. The van der Waals surface area contributed by atoms with Crippen LogP contribution in [0, 0.1) is 0 Å². The lowest BCUT2D eigenvalue weighted by atomic mass is 9.92. The van der Waals surface area contributed by atoms with Crippen LogP contribution >= 0.6 is 0 Å². The molecule has 1 fully saturated rings. The van der Waals surface area contributed by atoms with Crippen LogP contribution in [0.4, 0.5) is 13.2 Å². The number of nitrogens with zero attached hydrogens (tertiary/aromatic N) is 4. The fourth-order valence-electron chi connectivity index (χ4n) is 4.39. The number of hydrogen-bond acceptors (Lipinski definition) is 3. The number of likely N-dealkylation sites (tertiary alicyclic amines) is 1. The highest BCUT2D eigenvalue weighted by atomic mass is 19.4. The van der Waals surface area contributed by atoms with Crippen LogP contribution in [0.3, 0.4) is 0 Å². The monoisotopic (exact) mass is 480 g/mol. The van der Waals surface area contributed by atoms with Crippen LogP contribution in [0.1, 0.15) is 74.1 Å². The van der Waals surface area contributed by atoms with Gasteiger partial charge in [-0.1, -0.05) is 40.2 Å². The summed E-state index contributed by atoms with van der Waals surface area (Å²) in [6, 6.07) is 5.10. The zero-order valence-corrected chi connectivity index (χ0v) is 20.6. The molecule has 0 bridgehead atoms. The molecule has 9 heteroatoms. The van der Waals surface area contributed by atoms with E-state index >= 15 is 0 Å². The lowest BCUT2D eigenvalue weighted by molar-refractivity contribution is -0.137. The van der Waals surface area contributed by atoms with E-state index in [4.69, 9.17) is 0 Å². The highest BCUT2D eigenvalue weighted by Crippen LogP contribution is 2.31. The molecule has 1 saturated heterocycles. The normalized spacial score (nSPS) is 18.1. The van der Waals surface area contributed by atoms with Crippen molar-refractivity contribution in [3.05, 3.63) is 52.1 Å². The van der Waals surface area contributed by atoms with Crippen molar-refractivity contribution in [1.29, 1.82) is 0 Å². The largest absolute Gasteiger partial charge is 0.416 e. The number of aromatic nitrogens is 2. The third-order valence-corrected chi connectivity index (χ3v) is 6.26. The summed E-state index contributed by atoms with van der Waals surface area (Å²) in [6.45, 7) is 10.2. The van der Waals surface area contributed by atoms with Gasteiger partial charge in [-0.05, 0) is 30.5 Å². The van der Waals surface area contributed by atoms with E-state index in [1.807, 2.05) is 27.4 Å². The predicted molar refractivity (Wildman–Crippen MR) is 124 cm³/mol. The number of β-amino-alcohol motifs (C(OH)–C–C–N with tert-alkyl or cyclic N) is 1. The van der Waals surface area contributed by atoms with Gasteiger partial charge in [0.25, 0.3) is 5.91 Å². The van der Waals surface area contributed by atoms with Gasteiger partial charge >= 0.3 is 6.18 Å². The molecule has 2 aromatic rings. The smallest absolute Gasteiger partial charge is 0.392 e. The molecule has 1 aromatic heterocycles. The van der Waals surface area contributed by atoms with Crippen LogP contribution in [-0.4, -0.2) is 44.5 Å². The van der Waals surface area contributed by atoms with Crippen molar-refractivity contribution >= 4 is 5.91 Å². The highest BCUT2D eigenvalue weighted by Gasteiger charge is 2.32. The van der Waals surface area contributed by atoms with Gasteiger partial charge in [0, 0.05) is 56.0 Å². The first-order valence-electron chi connectivity index (χ1n) is 11.8. The summed E-state index contributed by atoms with van der Waals surface area (Å²) in [4.78, 5) is 19.6. The third kappa shape index (κ3) is 5.99. The van der Waals surface area contributed by atoms with Crippen LogP contribution in [0.15, 0.2) is 29.3 Å². The Kier molecular flexibility index (Phi) is 7.77. The van der Waals surface area contributed by atoms with Gasteiger partial charge in [0.05, 0.1) is 11.7 Å². The molecular weight excluding hydrogens is 445 g/mol. The van der Waals surface area contributed by atoms with Gasteiger partial charge in [-0.3, -0.25) is 19.1 Å². The number of halogens is 3. The van der Waals surface area contributed by atoms with E-state index in [9.17, 15) is 23.1 Å². The number of alkyl halides is 3. The number of hydrogen-bond donors (Lipinski definition) is 1. The topological polar surface area (TPSA) is 62.8 Å². The van der Waals surface area contributed by atoms with E-state index in [0.717, 1.165) is 30.7 Å². The number of amides is 1. The van der Waals surface area contributed by atoms with E-state index in [1.165, 1.54) is 6.07 Å². The average Bonchev–Trinajstić information content (AvgIpc) is 3.28. The van der Waals surface area contributed by atoms with E-state index in [2.05, 4.69) is 32.7 Å². The van der Waals surface area contributed by atoms with Crippen molar-refractivity contribution in [1.82, 2.24) is 14.3 Å². The molecule has 1 N–H and O–H groups in total. The summed E-state index contributed by atoms with van der Waals surface area (Å²) < 4.78 is 44.2. The zero-order valence-electron chi connectivity index (χ0n) is 20.6. The van der Waals surface area contributed by atoms with E-state index in [-0.39, 0.29) is 17.5 Å². The molecular formula is C25H35F3N4O2. The Morgan fingerprint density at radius 2 is 1.91 bits per heavy atom. The van der Waals surface area contributed by atoms with Gasteiger partial charge in [-0.2, -0.15) is 18.2 Å². The molecule has 1 aliphatic rings. The molecule has 3 rings (SSSR count). The summed E-state index contributed by atoms with van der Waals surface area (Å²) in [5, 5.41) is 9.82. The lowest BCUT2D eigenvalue weighted by Gasteiger charge is -2.20. The standard InChI is InChI=1S/C25H35F3N4O2/c1-6-7-11-32-22(14-21(30(32)5)24(2,3)4)29-23(34)20-13-18(25(26,27)28)9-8-17(20)15-31-12-10-19(33)16-31/h8-9,13-14,19,33H,6-7,10-12,15-16H2,1-5H3/t19-/m1/s1. The Hall–Kier alpha value is -2.39. The summed E-state index contributed by atoms with van der Waals surface area (Å²) >= 11 is 0. The van der Waals surface area contributed by atoms with Crippen molar-refractivity contribution < 1.29 is 23.1 Å². The highest BCUT2D eigenvalue weighted by molar-refractivity contribution is 5.96. The van der Waals surface area contributed by atoms with Gasteiger partial charge in [0.15, 0.2) is 5.49 Å². The van der Waals surface area contributed by atoms with E-state index < -0.39 is 23.8 Å². The van der Waals surface area contributed by atoms with Crippen LogP contribution in [0.5, 0.6) is 0 Å². The first-order chi connectivity index (χ1) is 15.8. The number of carbonyl (C=O) groups excluding carboxylic acids is 1. The number of aliphatic hydroxyl groups is 1. The van der Waals surface area contributed by atoms with Gasteiger partial charge in [0.1, 0.15) is 0 Å². The van der Waals surface area contributed by atoms with Crippen molar-refractivity contribution in [2.24, 2.45) is 12.0 Å². The zero-order chi connectivity index (χ0) is 25.3. The van der Waals surface area contributed by atoms with E-state index in [1.54, 1.807) is 0 Å². The number of unbranched alkanes of at least 4 members (excludes halogenated alkanes) is 1. The van der Waals surface area contributed by atoms with Crippen LogP contribution in [0.2, 0.25) is 0 Å². The lowest BCUT2D eigenvalue weighted by Crippen LogP contribution is -2.26. The first-order valence-corrected chi connectivity index (χ1v) is 11.8. The van der Waals surface area contributed by atoms with Gasteiger partial charge in [-0.25, -0.2) is 0 Å². The van der Waals surface area contributed by atoms with E-state index in [0.29, 0.717) is 37.1 Å². The Balaban J connectivity index is 2.09. The summed E-state index contributed by atoms with van der Waals surface area (Å²) in [5.41, 5.74) is 0.759. The Labute approximate surface area is 198 Å². The molecule has 0 unspecified atom stereocenters. The summed E-state index contributed by atoms with van der Waals surface area (Å²) in [6.07, 6.45) is -2.59. The summed E-state index contributed by atoms with van der Waals surface area (Å²) in [5.74, 6) is -0.697. The van der Waals surface area contributed by atoms with Gasteiger partial charge < -0.3 is 5.11 Å². The van der Waals surface area contributed by atoms with Crippen LogP contribution < -0.4 is 5.49 Å². The Bertz CT molecular complexity index is 1090. The SMILES string of the molecule is CCCCn1c(=NC(=O)c2cc(C(F)(F)F)ccc2CN2CC[C@@H](O)C2)cc(C(C)(C)C)n1C. The molecule has 34 heavy (non-hydrogen) atoms. The number of rotatable bonds is 6. The minimum absolute atomic E-state index is 0.0561. The minimum atomic E-state index is -4.56. The molecule has 1 amide bonds. The second-order valence-electron chi connectivity index (χ2n) is 10.1. The molecule has 1 aromatic carbocycles. The molecule has 188 valence electrons. The Morgan fingerprint density at radius 1 is 1.21 bits per heavy atom. The van der Waals surface area contributed by atoms with Crippen molar-refractivity contribution in [3.8, 4) is 0 Å². The second-order valence-corrected chi connectivity index (χ2v) is 10.1. The Morgan fingerprint density at radius 3 is 2.47 bits per heavy atom.